The van der Waals surface area contributed by atoms with Crippen LogP contribution >= 0.6 is 0 Å². The third-order valence-corrected chi connectivity index (χ3v) is 1.95. The van der Waals surface area contributed by atoms with Crippen molar-refractivity contribution in [2.75, 3.05) is 13.1 Å². The van der Waals surface area contributed by atoms with E-state index in [-0.39, 0.29) is 38.3 Å². The topological polar surface area (TPSA) is 101 Å². The molecule has 7 heteroatoms. The van der Waals surface area contributed by atoms with Crippen molar-refractivity contribution in [2.45, 2.75) is 38.8 Å². The molecule has 4 N–H and O–H groups in total. The molecule has 0 saturated heterocycles. The highest BCUT2D eigenvalue weighted by Gasteiger charge is 2.19. The van der Waals surface area contributed by atoms with E-state index in [1.54, 1.807) is 0 Å². The Morgan fingerprint density at radius 2 is 1.56 bits per heavy atom. The van der Waals surface area contributed by atoms with E-state index in [2.05, 4.69) is 10.6 Å². The minimum Gasteiger partial charge on any atom is -0.370 e. The first-order chi connectivity index (χ1) is 8.20. The van der Waals surface area contributed by atoms with Crippen LogP contribution in [-0.2, 0) is 14.4 Å². The van der Waals surface area contributed by atoms with Gasteiger partial charge in [0.2, 0.25) is 17.7 Å². The SMILES string of the molecule is CC(C)(F)CC(=O)NCCNC(=O)CCC(N)=O. The lowest BCUT2D eigenvalue weighted by Crippen LogP contribution is -2.36. The van der Waals surface area contributed by atoms with Crippen molar-refractivity contribution in [3.05, 3.63) is 0 Å². The number of carbonyl (C=O) groups excluding carboxylic acids is 3. The zero-order chi connectivity index (χ0) is 14.2. The molecular formula is C11H20FN3O3. The van der Waals surface area contributed by atoms with Gasteiger partial charge in [0.15, 0.2) is 0 Å². The van der Waals surface area contributed by atoms with Crippen molar-refractivity contribution in [1.29, 1.82) is 0 Å². The zero-order valence-corrected chi connectivity index (χ0v) is 10.7. The molecule has 0 atom stereocenters. The lowest BCUT2D eigenvalue weighted by atomic mass is 10.1. The summed E-state index contributed by atoms with van der Waals surface area (Å²) in [6, 6.07) is 0. The summed E-state index contributed by atoms with van der Waals surface area (Å²) in [5, 5.41) is 4.98. The van der Waals surface area contributed by atoms with Crippen molar-refractivity contribution in [3.63, 3.8) is 0 Å². The molecule has 0 fully saturated rings. The molecule has 0 aromatic rings. The Morgan fingerprint density at radius 1 is 1.06 bits per heavy atom. The predicted octanol–water partition coefficient (Wildman–Crippen LogP) is -0.377. The number of hydrogen-bond donors (Lipinski definition) is 3. The number of rotatable bonds is 8. The lowest BCUT2D eigenvalue weighted by Gasteiger charge is -2.13. The first kappa shape index (κ1) is 16.3. The second-order valence-corrected chi connectivity index (χ2v) is 4.56. The maximum atomic E-state index is 13.1. The van der Waals surface area contributed by atoms with Gasteiger partial charge in [-0.05, 0) is 13.8 Å². The molecule has 104 valence electrons. The van der Waals surface area contributed by atoms with Crippen LogP contribution in [0.15, 0.2) is 0 Å². The average molecular weight is 261 g/mol. The minimum atomic E-state index is -1.55. The Bertz CT molecular complexity index is 313. The smallest absolute Gasteiger partial charge is 0.223 e. The molecule has 0 unspecified atom stereocenters. The van der Waals surface area contributed by atoms with Gasteiger partial charge in [0, 0.05) is 25.9 Å². The summed E-state index contributed by atoms with van der Waals surface area (Å²) in [5.41, 5.74) is 3.34. The van der Waals surface area contributed by atoms with E-state index in [4.69, 9.17) is 5.73 Å². The van der Waals surface area contributed by atoms with Gasteiger partial charge in [-0.3, -0.25) is 14.4 Å². The van der Waals surface area contributed by atoms with Crippen LogP contribution in [0.3, 0.4) is 0 Å². The number of primary amides is 1. The summed E-state index contributed by atoms with van der Waals surface area (Å²) in [4.78, 5) is 32.7. The van der Waals surface area contributed by atoms with Crippen LogP contribution in [-0.4, -0.2) is 36.5 Å². The number of nitrogens with one attached hydrogen (secondary N) is 2. The molecule has 0 aliphatic rings. The summed E-state index contributed by atoms with van der Waals surface area (Å²) in [6.45, 7) is 3.09. The van der Waals surface area contributed by atoms with E-state index in [1.807, 2.05) is 0 Å². The number of halogens is 1. The average Bonchev–Trinajstić information content (AvgIpc) is 2.19. The van der Waals surface area contributed by atoms with Gasteiger partial charge in [-0.1, -0.05) is 0 Å². The molecule has 0 bridgehead atoms. The summed E-state index contributed by atoms with van der Waals surface area (Å²) < 4.78 is 13.1. The fraction of sp³-hybridized carbons (Fsp3) is 0.727. The highest BCUT2D eigenvalue weighted by Crippen LogP contribution is 2.12. The molecule has 0 aliphatic carbocycles. The molecule has 0 aliphatic heterocycles. The number of hydrogen-bond acceptors (Lipinski definition) is 3. The van der Waals surface area contributed by atoms with Gasteiger partial charge in [-0.2, -0.15) is 0 Å². The number of amides is 3. The van der Waals surface area contributed by atoms with Crippen molar-refractivity contribution >= 4 is 17.7 Å². The van der Waals surface area contributed by atoms with Gasteiger partial charge >= 0.3 is 0 Å². The number of nitrogens with two attached hydrogens (primary N) is 1. The molecule has 0 aromatic carbocycles. The Kier molecular flexibility index (Phi) is 6.92. The molecule has 0 rings (SSSR count). The first-order valence-corrected chi connectivity index (χ1v) is 5.71. The van der Waals surface area contributed by atoms with E-state index >= 15 is 0 Å². The Morgan fingerprint density at radius 3 is 2.00 bits per heavy atom. The van der Waals surface area contributed by atoms with Crippen LogP contribution in [0.5, 0.6) is 0 Å². The minimum absolute atomic E-state index is 0.00572. The van der Waals surface area contributed by atoms with Crippen LogP contribution in [0.2, 0.25) is 0 Å². The van der Waals surface area contributed by atoms with Gasteiger partial charge in [0.25, 0.3) is 0 Å². The molecule has 3 amide bonds. The van der Waals surface area contributed by atoms with E-state index in [1.165, 1.54) is 13.8 Å². The summed E-state index contributed by atoms with van der Waals surface area (Å²) in [7, 11) is 0. The van der Waals surface area contributed by atoms with Crippen LogP contribution in [0.1, 0.15) is 33.1 Å². The highest BCUT2D eigenvalue weighted by atomic mass is 19.1. The second kappa shape index (κ2) is 7.62. The van der Waals surface area contributed by atoms with E-state index < -0.39 is 17.5 Å². The monoisotopic (exact) mass is 261 g/mol. The van der Waals surface area contributed by atoms with Crippen molar-refractivity contribution < 1.29 is 18.8 Å². The van der Waals surface area contributed by atoms with Crippen molar-refractivity contribution in [2.24, 2.45) is 5.73 Å². The van der Waals surface area contributed by atoms with E-state index in [0.29, 0.717) is 0 Å². The quantitative estimate of drug-likeness (QED) is 0.519. The summed E-state index contributed by atoms with van der Waals surface area (Å²) in [5.74, 6) is -1.26. The van der Waals surface area contributed by atoms with Crippen LogP contribution in [0, 0.1) is 0 Å². The Balaban J connectivity index is 3.59. The maximum absolute atomic E-state index is 13.1. The van der Waals surface area contributed by atoms with Gasteiger partial charge in [-0.25, -0.2) is 4.39 Å². The fourth-order valence-electron chi connectivity index (χ4n) is 1.17. The van der Waals surface area contributed by atoms with Gasteiger partial charge in [-0.15, -0.1) is 0 Å². The molecule has 0 aromatic heterocycles. The van der Waals surface area contributed by atoms with Gasteiger partial charge in [0.05, 0.1) is 6.42 Å². The highest BCUT2D eigenvalue weighted by molar-refractivity contribution is 5.82. The molecule has 0 heterocycles. The summed E-state index contributed by atoms with van der Waals surface area (Å²) >= 11 is 0. The second-order valence-electron chi connectivity index (χ2n) is 4.56. The third kappa shape index (κ3) is 10.8. The standard InChI is InChI=1S/C11H20FN3O3/c1-11(2,12)7-10(18)15-6-5-14-9(17)4-3-8(13)16/h3-7H2,1-2H3,(H2,13,16)(H,14,17)(H,15,18). The van der Waals surface area contributed by atoms with Gasteiger partial charge < -0.3 is 16.4 Å². The third-order valence-electron chi connectivity index (χ3n) is 1.95. The molecular weight excluding hydrogens is 241 g/mol. The Hall–Kier alpha value is -1.66. The largest absolute Gasteiger partial charge is 0.370 e. The van der Waals surface area contributed by atoms with Crippen LogP contribution < -0.4 is 16.4 Å². The summed E-state index contributed by atoms with van der Waals surface area (Å²) in [6.07, 6.45) is -0.197. The molecule has 18 heavy (non-hydrogen) atoms. The first-order valence-electron chi connectivity index (χ1n) is 5.71. The molecule has 0 radical (unpaired) electrons. The Labute approximate surface area is 105 Å². The van der Waals surface area contributed by atoms with Crippen molar-refractivity contribution in [1.82, 2.24) is 10.6 Å². The predicted molar refractivity (Wildman–Crippen MR) is 64.3 cm³/mol. The zero-order valence-electron chi connectivity index (χ0n) is 10.7. The van der Waals surface area contributed by atoms with Crippen LogP contribution in [0.4, 0.5) is 4.39 Å². The lowest BCUT2D eigenvalue weighted by molar-refractivity contribution is -0.125. The molecule has 0 spiro atoms. The van der Waals surface area contributed by atoms with Crippen molar-refractivity contribution in [3.8, 4) is 0 Å². The normalized spacial score (nSPS) is 10.8. The number of alkyl halides is 1. The maximum Gasteiger partial charge on any atom is 0.223 e. The van der Waals surface area contributed by atoms with Crippen LogP contribution in [0.25, 0.3) is 0 Å². The van der Waals surface area contributed by atoms with E-state index in [0.717, 1.165) is 0 Å². The fourth-order valence-corrected chi connectivity index (χ4v) is 1.17. The number of carbonyl (C=O) groups is 3. The molecule has 6 nitrogen and oxygen atoms in total. The van der Waals surface area contributed by atoms with E-state index in [9.17, 15) is 18.8 Å². The molecule has 0 saturated carbocycles. The van der Waals surface area contributed by atoms with Gasteiger partial charge in [0.1, 0.15) is 5.67 Å².